The molecule has 1 saturated carbocycles. The second kappa shape index (κ2) is 12.8. The van der Waals surface area contributed by atoms with Crippen molar-refractivity contribution in [1.29, 1.82) is 0 Å². The molecule has 6 unspecified atom stereocenters. The van der Waals surface area contributed by atoms with E-state index in [0.717, 1.165) is 32.1 Å². The molecule has 0 radical (unpaired) electrons. The molecule has 6 atom stereocenters. The summed E-state index contributed by atoms with van der Waals surface area (Å²) in [6.45, 7) is 13.4. The molecule has 0 aliphatic heterocycles. The van der Waals surface area contributed by atoms with Crippen LogP contribution in [0.4, 0.5) is 0 Å². The SMILES string of the molecule is CCC(C)C1(CCC(=O)O)CC(CCC(=O)O)CC(CCC(=O)O)C1(C(C)CC)C(C)CC. The summed E-state index contributed by atoms with van der Waals surface area (Å²) in [5.41, 5.74) is -0.452. The molecule has 6 heteroatoms. The summed E-state index contributed by atoms with van der Waals surface area (Å²) in [5, 5.41) is 28.6. The third-order valence-electron chi connectivity index (χ3n) is 9.48. The van der Waals surface area contributed by atoms with Crippen LogP contribution in [0.1, 0.15) is 112 Å². The number of hydrogen-bond acceptors (Lipinski definition) is 3. The molecule has 0 aromatic carbocycles. The van der Waals surface area contributed by atoms with Crippen molar-refractivity contribution >= 4 is 17.9 Å². The highest BCUT2D eigenvalue weighted by atomic mass is 16.4. The molecule has 0 saturated heterocycles. The zero-order valence-corrected chi connectivity index (χ0v) is 21.7. The summed E-state index contributed by atoms with van der Waals surface area (Å²) in [6.07, 6.45) is 6.51. The maximum absolute atomic E-state index is 11.8. The van der Waals surface area contributed by atoms with E-state index in [1.807, 2.05) is 0 Å². The van der Waals surface area contributed by atoms with Crippen LogP contribution in [-0.2, 0) is 14.4 Å². The van der Waals surface area contributed by atoms with Gasteiger partial charge in [0.25, 0.3) is 0 Å². The Bertz CT molecular complexity index is 649. The topological polar surface area (TPSA) is 112 Å². The van der Waals surface area contributed by atoms with Crippen LogP contribution in [0.5, 0.6) is 0 Å². The number of carbonyl (C=O) groups is 3. The van der Waals surface area contributed by atoms with Crippen molar-refractivity contribution in [1.82, 2.24) is 0 Å². The summed E-state index contributed by atoms with van der Waals surface area (Å²) in [7, 11) is 0. The Balaban J connectivity index is 3.83. The Morgan fingerprint density at radius 3 is 1.64 bits per heavy atom. The van der Waals surface area contributed by atoms with E-state index in [0.29, 0.717) is 31.1 Å². The zero-order chi connectivity index (χ0) is 25.4. The van der Waals surface area contributed by atoms with Gasteiger partial charge in [0.1, 0.15) is 0 Å². The normalized spacial score (nSPS) is 30.4. The quantitative estimate of drug-likeness (QED) is 0.246. The van der Waals surface area contributed by atoms with Crippen LogP contribution < -0.4 is 0 Å². The van der Waals surface area contributed by atoms with Crippen molar-refractivity contribution in [2.45, 2.75) is 112 Å². The molecule has 0 aromatic heterocycles. The first kappa shape index (κ1) is 29.4. The molecule has 0 heterocycles. The summed E-state index contributed by atoms with van der Waals surface area (Å²) in [5.74, 6) is -1.21. The molecule has 33 heavy (non-hydrogen) atoms. The standard InChI is InChI=1S/C27H48O6/c1-7-18(4)26(15-14-25(32)33)17-21(10-12-23(28)29)16-22(11-13-24(30)31)27(26,19(5)8-2)20(6)9-3/h18-22H,7-17H2,1-6H3,(H,28,29)(H,30,31)(H,32,33). The summed E-state index contributed by atoms with van der Waals surface area (Å²) < 4.78 is 0. The van der Waals surface area contributed by atoms with Gasteiger partial charge >= 0.3 is 17.9 Å². The van der Waals surface area contributed by atoms with Crippen LogP contribution >= 0.6 is 0 Å². The molecule has 0 spiro atoms. The summed E-state index contributed by atoms with van der Waals surface area (Å²) >= 11 is 0. The second-order valence-corrected chi connectivity index (χ2v) is 10.8. The molecule has 0 amide bonds. The average Bonchev–Trinajstić information content (AvgIpc) is 2.77. The van der Waals surface area contributed by atoms with Gasteiger partial charge in [-0.05, 0) is 72.5 Å². The van der Waals surface area contributed by atoms with E-state index in [1.165, 1.54) is 0 Å². The highest BCUT2D eigenvalue weighted by Gasteiger charge is 2.63. The second-order valence-electron chi connectivity index (χ2n) is 10.8. The molecule has 1 rings (SSSR count). The number of carboxylic acid groups (broad SMARTS) is 3. The van der Waals surface area contributed by atoms with Gasteiger partial charge in [0.05, 0.1) is 0 Å². The average molecular weight is 469 g/mol. The van der Waals surface area contributed by atoms with Crippen LogP contribution in [0.25, 0.3) is 0 Å². The molecule has 1 aliphatic rings. The van der Waals surface area contributed by atoms with Gasteiger partial charge in [-0.2, -0.15) is 0 Å². The van der Waals surface area contributed by atoms with Crippen LogP contribution in [0.3, 0.4) is 0 Å². The van der Waals surface area contributed by atoms with Gasteiger partial charge in [0.2, 0.25) is 0 Å². The zero-order valence-electron chi connectivity index (χ0n) is 21.7. The van der Waals surface area contributed by atoms with Crippen molar-refractivity contribution in [3.05, 3.63) is 0 Å². The van der Waals surface area contributed by atoms with Crippen LogP contribution in [0.15, 0.2) is 0 Å². The highest BCUT2D eigenvalue weighted by molar-refractivity contribution is 5.67. The van der Waals surface area contributed by atoms with Crippen molar-refractivity contribution in [2.75, 3.05) is 0 Å². The molecule has 6 nitrogen and oxygen atoms in total. The van der Waals surface area contributed by atoms with Gasteiger partial charge in [-0.25, -0.2) is 0 Å². The number of hydrogen-bond donors (Lipinski definition) is 3. The molecular formula is C27H48O6. The first-order valence-corrected chi connectivity index (χ1v) is 13.1. The van der Waals surface area contributed by atoms with Crippen LogP contribution in [0, 0.1) is 40.4 Å². The van der Waals surface area contributed by atoms with E-state index >= 15 is 0 Å². The predicted octanol–water partition coefficient (Wildman–Crippen LogP) is 6.72. The van der Waals surface area contributed by atoms with Gasteiger partial charge in [-0.1, -0.05) is 60.8 Å². The van der Waals surface area contributed by atoms with E-state index < -0.39 is 17.9 Å². The number of aliphatic carboxylic acids is 3. The Hall–Kier alpha value is -1.59. The minimum absolute atomic E-state index is 0.0935. The number of carboxylic acids is 3. The van der Waals surface area contributed by atoms with E-state index in [1.54, 1.807) is 0 Å². The lowest BCUT2D eigenvalue weighted by Gasteiger charge is -2.67. The molecule has 1 aliphatic carbocycles. The monoisotopic (exact) mass is 468 g/mol. The molecule has 192 valence electrons. The Labute approximate surface area is 200 Å². The fraction of sp³-hybridized carbons (Fsp3) is 0.889. The van der Waals surface area contributed by atoms with E-state index in [9.17, 15) is 29.7 Å². The Kier molecular flexibility index (Phi) is 11.4. The lowest BCUT2D eigenvalue weighted by molar-refractivity contribution is -0.196. The van der Waals surface area contributed by atoms with Crippen LogP contribution in [-0.4, -0.2) is 33.2 Å². The smallest absolute Gasteiger partial charge is 0.303 e. The van der Waals surface area contributed by atoms with Gasteiger partial charge in [0, 0.05) is 19.3 Å². The highest BCUT2D eigenvalue weighted by Crippen LogP contribution is 2.70. The molecular weight excluding hydrogens is 420 g/mol. The van der Waals surface area contributed by atoms with E-state index in [4.69, 9.17) is 0 Å². The van der Waals surface area contributed by atoms with Gasteiger partial charge < -0.3 is 15.3 Å². The van der Waals surface area contributed by atoms with Crippen molar-refractivity contribution in [3.63, 3.8) is 0 Å². The van der Waals surface area contributed by atoms with Crippen molar-refractivity contribution in [3.8, 4) is 0 Å². The van der Waals surface area contributed by atoms with Gasteiger partial charge in [0.15, 0.2) is 0 Å². The predicted molar refractivity (Wildman–Crippen MR) is 130 cm³/mol. The van der Waals surface area contributed by atoms with Gasteiger partial charge in [-0.3, -0.25) is 14.4 Å². The fourth-order valence-electron chi connectivity index (χ4n) is 7.84. The summed E-state index contributed by atoms with van der Waals surface area (Å²) in [4.78, 5) is 34.8. The lowest BCUT2D eigenvalue weighted by atomic mass is 9.37. The fourth-order valence-corrected chi connectivity index (χ4v) is 7.84. The van der Waals surface area contributed by atoms with Crippen molar-refractivity contribution in [2.24, 2.45) is 40.4 Å². The molecule has 0 bridgehead atoms. The van der Waals surface area contributed by atoms with Crippen molar-refractivity contribution < 1.29 is 29.7 Å². The third-order valence-corrected chi connectivity index (χ3v) is 9.48. The van der Waals surface area contributed by atoms with Crippen LogP contribution in [0.2, 0.25) is 0 Å². The Morgan fingerprint density at radius 1 is 0.758 bits per heavy atom. The summed E-state index contributed by atoms with van der Waals surface area (Å²) in [6, 6.07) is 0. The van der Waals surface area contributed by atoms with E-state index in [-0.39, 0.29) is 47.8 Å². The molecule has 3 N–H and O–H groups in total. The minimum atomic E-state index is -0.808. The molecule has 0 aromatic rings. The first-order valence-electron chi connectivity index (χ1n) is 13.1. The minimum Gasteiger partial charge on any atom is -0.481 e. The Morgan fingerprint density at radius 2 is 1.21 bits per heavy atom. The number of rotatable bonds is 15. The molecule has 1 fully saturated rings. The third kappa shape index (κ3) is 6.30. The first-order chi connectivity index (χ1) is 15.4. The maximum atomic E-state index is 11.8. The maximum Gasteiger partial charge on any atom is 0.303 e. The van der Waals surface area contributed by atoms with E-state index in [2.05, 4.69) is 41.5 Å². The largest absolute Gasteiger partial charge is 0.481 e. The van der Waals surface area contributed by atoms with Gasteiger partial charge in [-0.15, -0.1) is 0 Å². The lowest BCUT2D eigenvalue weighted by Crippen LogP contribution is -2.61.